The van der Waals surface area contributed by atoms with Crippen molar-refractivity contribution in [2.24, 2.45) is 5.73 Å². The van der Waals surface area contributed by atoms with Crippen molar-refractivity contribution >= 4 is 17.4 Å². The predicted molar refractivity (Wildman–Crippen MR) is 58.6 cm³/mol. The summed E-state index contributed by atoms with van der Waals surface area (Å²) in [6.07, 6.45) is 4.27. The highest BCUT2D eigenvalue weighted by Crippen LogP contribution is 2.26. The van der Waals surface area contributed by atoms with Gasteiger partial charge in [0.15, 0.2) is 0 Å². The first-order valence-electron chi connectivity index (χ1n) is 4.90. The number of hydrogen-bond acceptors (Lipinski definition) is 3. The number of nitrogens with two attached hydrogens (primary N) is 1. The van der Waals surface area contributed by atoms with Crippen molar-refractivity contribution in [3.63, 3.8) is 0 Å². The summed E-state index contributed by atoms with van der Waals surface area (Å²) in [6.45, 7) is 2.62. The molecule has 1 aliphatic rings. The quantitative estimate of drug-likeness (QED) is 0.811. The fourth-order valence-corrected chi connectivity index (χ4v) is 2.05. The summed E-state index contributed by atoms with van der Waals surface area (Å²) >= 11 is 6.13. The second-order valence-electron chi connectivity index (χ2n) is 3.55. The van der Waals surface area contributed by atoms with E-state index in [9.17, 15) is 0 Å². The molecule has 0 unspecified atom stereocenters. The number of halogens is 1. The first-order chi connectivity index (χ1) is 6.81. The number of rotatable bonds is 2. The summed E-state index contributed by atoms with van der Waals surface area (Å²) in [5.41, 5.74) is 6.49. The molecule has 3 nitrogen and oxygen atoms in total. The van der Waals surface area contributed by atoms with E-state index in [0.29, 0.717) is 6.54 Å². The lowest BCUT2D eigenvalue weighted by molar-refractivity contribution is 0.929. The summed E-state index contributed by atoms with van der Waals surface area (Å²) in [7, 11) is 0. The van der Waals surface area contributed by atoms with Gasteiger partial charge in [-0.1, -0.05) is 11.6 Å². The van der Waals surface area contributed by atoms with Crippen LogP contribution in [0, 0.1) is 0 Å². The van der Waals surface area contributed by atoms with Crippen LogP contribution in [-0.4, -0.2) is 18.1 Å². The van der Waals surface area contributed by atoms with E-state index in [4.69, 9.17) is 17.3 Å². The lowest BCUT2D eigenvalue weighted by atomic mass is 10.3. The minimum Gasteiger partial charge on any atom is -0.355 e. The van der Waals surface area contributed by atoms with Crippen molar-refractivity contribution in [1.29, 1.82) is 0 Å². The van der Waals surface area contributed by atoms with Crippen molar-refractivity contribution in [3.05, 3.63) is 22.8 Å². The van der Waals surface area contributed by atoms with Crippen LogP contribution in [-0.2, 0) is 6.54 Å². The smallest absolute Gasteiger partial charge is 0.147 e. The Balaban J connectivity index is 2.25. The molecule has 76 valence electrons. The summed E-state index contributed by atoms with van der Waals surface area (Å²) in [5, 5.41) is 0.717. The molecule has 0 radical (unpaired) electrons. The molecule has 0 aliphatic carbocycles. The van der Waals surface area contributed by atoms with Crippen LogP contribution in [0.2, 0.25) is 5.02 Å². The first kappa shape index (κ1) is 9.74. The van der Waals surface area contributed by atoms with Gasteiger partial charge >= 0.3 is 0 Å². The van der Waals surface area contributed by atoms with E-state index in [1.54, 1.807) is 6.20 Å². The van der Waals surface area contributed by atoms with Crippen molar-refractivity contribution in [2.75, 3.05) is 18.0 Å². The molecule has 0 amide bonds. The zero-order chi connectivity index (χ0) is 9.97. The van der Waals surface area contributed by atoms with E-state index in [1.165, 1.54) is 12.8 Å². The summed E-state index contributed by atoms with van der Waals surface area (Å²) < 4.78 is 0. The van der Waals surface area contributed by atoms with Gasteiger partial charge in [0.1, 0.15) is 5.82 Å². The van der Waals surface area contributed by atoms with E-state index < -0.39 is 0 Å². The second-order valence-corrected chi connectivity index (χ2v) is 3.95. The maximum atomic E-state index is 6.13. The number of nitrogens with zero attached hydrogens (tertiary/aromatic N) is 2. The fraction of sp³-hybridized carbons (Fsp3) is 0.500. The van der Waals surface area contributed by atoms with E-state index in [1.807, 2.05) is 6.07 Å². The van der Waals surface area contributed by atoms with Crippen LogP contribution in [0.3, 0.4) is 0 Å². The van der Waals surface area contributed by atoms with Gasteiger partial charge in [-0.25, -0.2) is 4.98 Å². The van der Waals surface area contributed by atoms with E-state index in [-0.39, 0.29) is 0 Å². The molecule has 2 heterocycles. The average Bonchev–Trinajstić information content (AvgIpc) is 2.70. The van der Waals surface area contributed by atoms with Gasteiger partial charge in [-0.15, -0.1) is 0 Å². The largest absolute Gasteiger partial charge is 0.355 e. The molecule has 14 heavy (non-hydrogen) atoms. The summed E-state index contributed by atoms with van der Waals surface area (Å²) in [6, 6.07) is 1.90. The standard InChI is InChI=1S/C10H14ClN3/c11-9-5-8(6-12)7-13-10(9)14-3-1-2-4-14/h5,7H,1-4,6,12H2. The molecule has 2 rings (SSSR count). The van der Waals surface area contributed by atoms with E-state index >= 15 is 0 Å². The van der Waals surface area contributed by atoms with Crippen LogP contribution in [0.15, 0.2) is 12.3 Å². The third-order valence-corrected chi connectivity index (χ3v) is 2.80. The minimum absolute atomic E-state index is 0.493. The highest BCUT2D eigenvalue weighted by molar-refractivity contribution is 6.33. The van der Waals surface area contributed by atoms with Gasteiger partial charge in [0, 0.05) is 25.8 Å². The van der Waals surface area contributed by atoms with E-state index in [0.717, 1.165) is 29.5 Å². The average molecular weight is 212 g/mol. The van der Waals surface area contributed by atoms with Crippen LogP contribution in [0.1, 0.15) is 18.4 Å². The Morgan fingerprint density at radius 3 is 2.71 bits per heavy atom. The Kier molecular flexibility index (Phi) is 2.89. The van der Waals surface area contributed by atoms with Crippen molar-refractivity contribution in [1.82, 2.24) is 4.98 Å². The topological polar surface area (TPSA) is 42.1 Å². The Morgan fingerprint density at radius 1 is 1.43 bits per heavy atom. The van der Waals surface area contributed by atoms with Gasteiger partial charge < -0.3 is 10.6 Å². The molecule has 0 saturated carbocycles. The normalized spacial score (nSPS) is 16.3. The lowest BCUT2D eigenvalue weighted by Crippen LogP contribution is -2.19. The van der Waals surface area contributed by atoms with Gasteiger partial charge in [-0.2, -0.15) is 0 Å². The zero-order valence-electron chi connectivity index (χ0n) is 8.04. The molecule has 1 aliphatic heterocycles. The molecule has 1 saturated heterocycles. The first-order valence-corrected chi connectivity index (χ1v) is 5.28. The Labute approximate surface area is 88.9 Å². The number of hydrogen-bond donors (Lipinski definition) is 1. The maximum Gasteiger partial charge on any atom is 0.147 e. The Morgan fingerprint density at radius 2 is 2.14 bits per heavy atom. The lowest BCUT2D eigenvalue weighted by Gasteiger charge is -2.17. The maximum absolute atomic E-state index is 6.13. The third-order valence-electron chi connectivity index (χ3n) is 2.52. The molecule has 0 bridgehead atoms. The van der Waals surface area contributed by atoms with E-state index in [2.05, 4.69) is 9.88 Å². The molecule has 1 fully saturated rings. The van der Waals surface area contributed by atoms with Crippen LogP contribution in [0.5, 0.6) is 0 Å². The molecular formula is C10H14ClN3. The van der Waals surface area contributed by atoms with Gasteiger partial charge in [-0.05, 0) is 24.5 Å². The molecule has 1 aromatic heterocycles. The number of anilines is 1. The van der Waals surface area contributed by atoms with Crippen LogP contribution in [0.25, 0.3) is 0 Å². The summed E-state index contributed by atoms with van der Waals surface area (Å²) in [5.74, 6) is 0.904. The van der Waals surface area contributed by atoms with Crippen LogP contribution >= 0.6 is 11.6 Å². The van der Waals surface area contributed by atoms with Gasteiger partial charge in [0.25, 0.3) is 0 Å². The van der Waals surface area contributed by atoms with Crippen LogP contribution < -0.4 is 10.6 Å². The SMILES string of the molecule is NCc1cnc(N2CCCC2)c(Cl)c1. The molecule has 0 aromatic carbocycles. The van der Waals surface area contributed by atoms with Crippen LogP contribution in [0.4, 0.5) is 5.82 Å². The van der Waals surface area contributed by atoms with Gasteiger partial charge in [-0.3, -0.25) is 0 Å². The molecular weight excluding hydrogens is 198 g/mol. The van der Waals surface area contributed by atoms with Crippen molar-refractivity contribution in [3.8, 4) is 0 Å². The number of pyridine rings is 1. The van der Waals surface area contributed by atoms with Crippen molar-refractivity contribution in [2.45, 2.75) is 19.4 Å². The molecule has 0 atom stereocenters. The predicted octanol–water partition coefficient (Wildman–Crippen LogP) is 1.79. The van der Waals surface area contributed by atoms with Crippen molar-refractivity contribution < 1.29 is 0 Å². The highest BCUT2D eigenvalue weighted by Gasteiger charge is 2.16. The molecule has 1 aromatic rings. The summed E-state index contributed by atoms with van der Waals surface area (Å²) in [4.78, 5) is 6.57. The second kappa shape index (κ2) is 4.15. The molecule has 4 heteroatoms. The third kappa shape index (κ3) is 1.83. The fourth-order valence-electron chi connectivity index (χ4n) is 1.74. The highest BCUT2D eigenvalue weighted by atomic mass is 35.5. The van der Waals surface area contributed by atoms with Gasteiger partial charge in [0.2, 0.25) is 0 Å². The molecule has 0 spiro atoms. The Hall–Kier alpha value is -0.800. The Bertz CT molecular complexity index is 321. The zero-order valence-corrected chi connectivity index (χ0v) is 8.80. The van der Waals surface area contributed by atoms with Gasteiger partial charge in [0.05, 0.1) is 5.02 Å². The monoisotopic (exact) mass is 211 g/mol. The minimum atomic E-state index is 0.493. The molecule has 2 N–H and O–H groups in total. The number of aromatic nitrogens is 1.